The van der Waals surface area contributed by atoms with Crippen molar-refractivity contribution in [3.8, 4) is 11.5 Å². The van der Waals surface area contributed by atoms with Gasteiger partial charge >= 0.3 is 0 Å². The lowest BCUT2D eigenvalue weighted by molar-refractivity contribution is 0.235. The first-order valence-corrected chi connectivity index (χ1v) is 11.5. The van der Waals surface area contributed by atoms with E-state index < -0.39 is 0 Å². The van der Waals surface area contributed by atoms with Crippen LogP contribution in [0.2, 0.25) is 5.02 Å². The fraction of sp³-hybridized carbons (Fsp3) is 0.522. The molecule has 0 aliphatic rings. The summed E-state index contributed by atoms with van der Waals surface area (Å²) in [7, 11) is 0. The molecule has 1 unspecified atom stereocenters. The number of nitrogens with zero attached hydrogens (tertiary/aromatic N) is 4. The summed E-state index contributed by atoms with van der Waals surface area (Å²) in [6.45, 7) is 12.4. The van der Waals surface area contributed by atoms with Crippen LogP contribution >= 0.6 is 11.6 Å². The largest absolute Gasteiger partial charge is 0.504 e. The van der Waals surface area contributed by atoms with E-state index >= 15 is 0 Å². The van der Waals surface area contributed by atoms with E-state index in [1.165, 1.54) is 6.07 Å². The summed E-state index contributed by atoms with van der Waals surface area (Å²) in [5.74, 6) is 0.152. The predicted molar refractivity (Wildman–Crippen MR) is 130 cm³/mol. The van der Waals surface area contributed by atoms with Crippen molar-refractivity contribution < 1.29 is 15.3 Å². The molecule has 33 heavy (non-hydrogen) atoms. The number of aromatic amines is 1. The SMILES string of the molecule is CC(C)c1[nH]nc2c(NCc3ccc(Cl)c(O)c3O)nc(=NC(CO)C(C)C)n(C(C)C)c12. The number of anilines is 1. The van der Waals surface area contributed by atoms with Crippen LogP contribution in [0.4, 0.5) is 5.82 Å². The van der Waals surface area contributed by atoms with Crippen LogP contribution in [-0.2, 0) is 6.54 Å². The Morgan fingerprint density at radius 2 is 1.82 bits per heavy atom. The summed E-state index contributed by atoms with van der Waals surface area (Å²) in [5.41, 5.74) is 3.44. The van der Waals surface area contributed by atoms with Crippen molar-refractivity contribution in [2.75, 3.05) is 11.9 Å². The number of aromatic hydroxyl groups is 2. The molecule has 10 heteroatoms. The van der Waals surface area contributed by atoms with Crippen molar-refractivity contribution >= 4 is 28.5 Å². The monoisotopic (exact) mass is 476 g/mol. The second kappa shape index (κ2) is 10.0. The van der Waals surface area contributed by atoms with E-state index in [9.17, 15) is 15.3 Å². The first-order chi connectivity index (χ1) is 15.6. The van der Waals surface area contributed by atoms with E-state index in [2.05, 4.69) is 43.2 Å². The van der Waals surface area contributed by atoms with Gasteiger partial charge in [-0.15, -0.1) is 0 Å². The Labute approximate surface area is 198 Å². The van der Waals surface area contributed by atoms with Gasteiger partial charge in [-0.05, 0) is 31.7 Å². The normalized spacial score (nSPS) is 13.6. The highest BCUT2D eigenvalue weighted by atomic mass is 35.5. The number of phenolic OH excluding ortho intramolecular Hbond substituents is 2. The number of aromatic nitrogens is 4. The van der Waals surface area contributed by atoms with Crippen LogP contribution in [0.5, 0.6) is 11.5 Å². The standard InChI is InChI=1S/C23H33ClN6O3/c1-11(2)16(10-31)26-23-27-22(25-9-14-7-8-15(24)21(33)20(14)32)18-19(30(23)13(5)6)17(12(3)4)28-29-18/h7-8,11-13,16,31-33H,9-10H2,1-6H3,(H,28,29)(H,25,26,27). The molecule has 0 saturated carbocycles. The predicted octanol–water partition coefficient (Wildman–Crippen LogP) is 4.06. The summed E-state index contributed by atoms with van der Waals surface area (Å²) >= 11 is 5.88. The number of H-pyrrole nitrogens is 1. The summed E-state index contributed by atoms with van der Waals surface area (Å²) in [6.07, 6.45) is 0. The maximum atomic E-state index is 10.3. The number of hydrogen-bond acceptors (Lipinski definition) is 7. The highest BCUT2D eigenvalue weighted by Gasteiger charge is 2.21. The Bertz CT molecular complexity index is 1200. The third-order valence-corrected chi connectivity index (χ3v) is 5.93. The van der Waals surface area contributed by atoms with Gasteiger partial charge in [0.15, 0.2) is 22.8 Å². The number of phenols is 2. The molecule has 3 rings (SSSR count). The number of hydrogen-bond donors (Lipinski definition) is 5. The van der Waals surface area contributed by atoms with E-state index in [1.807, 2.05) is 18.4 Å². The molecule has 3 aromatic rings. The lowest BCUT2D eigenvalue weighted by Gasteiger charge is -2.19. The van der Waals surface area contributed by atoms with E-state index in [4.69, 9.17) is 21.6 Å². The molecule has 0 aliphatic heterocycles. The van der Waals surface area contributed by atoms with E-state index in [0.29, 0.717) is 22.5 Å². The number of fused-ring (bicyclic) bond motifs is 1. The average Bonchev–Trinajstić information content (AvgIpc) is 3.19. The number of benzene rings is 1. The molecule has 0 aliphatic carbocycles. The number of halogens is 1. The van der Waals surface area contributed by atoms with Crippen molar-refractivity contribution in [1.82, 2.24) is 19.7 Å². The van der Waals surface area contributed by atoms with Gasteiger partial charge in [0.1, 0.15) is 0 Å². The highest BCUT2D eigenvalue weighted by molar-refractivity contribution is 6.32. The minimum Gasteiger partial charge on any atom is -0.504 e. The smallest absolute Gasteiger partial charge is 0.228 e. The molecule has 9 nitrogen and oxygen atoms in total. The van der Waals surface area contributed by atoms with Crippen LogP contribution in [0, 0.1) is 5.92 Å². The number of aliphatic hydroxyl groups excluding tert-OH is 1. The number of rotatable bonds is 8. The Hall–Kier alpha value is -2.78. The van der Waals surface area contributed by atoms with Crippen LogP contribution in [0.15, 0.2) is 17.1 Å². The first-order valence-electron chi connectivity index (χ1n) is 11.1. The number of aliphatic hydroxyl groups is 1. The minimum absolute atomic E-state index is 0.0478. The summed E-state index contributed by atoms with van der Waals surface area (Å²) in [4.78, 5) is 9.57. The van der Waals surface area contributed by atoms with Gasteiger partial charge in [0.25, 0.3) is 0 Å². The van der Waals surface area contributed by atoms with E-state index in [1.54, 1.807) is 6.07 Å². The van der Waals surface area contributed by atoms with Gasteiger partial charge in [-0.1, -0.05) is 45.4 Å². The molecule has 2 aromatic heterocycles. The van der Waals surface area contributed by atoms with Crippen LogP contribution < -0.4 is 10.9 Å². The Kier molecular flexibility index (Phi) is 7.54. The second-order valence-electron chi connectivity index (χ2n) is 9.09. The van der Waals surface area contributed by atoms with Crippen LogP contribution in [0.3, 0.4) is 0 Å². The van der Waals surface area contributed by atoms with Gasteiger partial charge in [0.2, 0.25) is 5.62 Å². The molecule has 0 radical (unpaired) electrons. The van der Waals surface area contributed by atoms with Crippen molar-refractivity contribution in [2.45, 2.75) is 66.1 Å². The summed E-state index contributed by atoms with van der Waals surface area (Å²) < 4.78 is 2.04. The van der Waals surface area contributed by atoms with Crippen molar-refractivity contribution in [1.29, 1.82) is 0 Å². The second-order valence-corrected chi connectivity index (χ2v) is 9.50. The zero-order valence-electron chi connectivity index (χ0n) is 19.9. The van der Waals surface area contributed by atoms with Crippen LogP contribution in [0.1, 0.15) is 64.8 Å². The highest BCUT2D eigenvalue weighted by Crippen LogP contribution is 2.36. The topological polar surface area (TPSA) is 132 Å². The van der Waals surface area contributed by atoms with Gasteiger partial charge in [0, 0.05) is 18.2 Å². The zero-order valence-corrected chi connectivity index (χ0v) is 20.6. The van der Waals surface area contributed by atoms with E-state index in [-0.39, 0.29) is 53.6 Å². The fourth-order valence-electron chi connectivity index (χ4n) is 3.64. The maximum absolute atomic E-state index is 10.3. The quantitative estimate of drug-likeness (QED) is 0.311. The zero-order chi connectivity index (χ0) is 24.4. The third-order valence-electron chi connectivity index (χ3n) is 5.62. The van der Waals surface area contributed by atoms with E-state index in [0.717, 1.165) is 11.2 Å². The molecule has 1 aromatic carbocycles. The van der Waals surface area contributed by atoms with Crippen molar-refractivity contribution in [3.63, 3.8) is 0 Å². The maximum Gasteiger partial charge on any atom is 0.228 e. The molecule has 180 valence electrons. The van der Waals surface area contributed by atoms with Gasteiger partial charge in [-0.25, -0.2) is 4.99 Å². The van der Waals surface area contributed by atoms with Crippen molar-refractivity contribution in [3.05, 3.63) is 34.0 Å². The molecule has 0 spiro atoms. The molecule has 0 saturated heterocycles. The molecular weight excluding hydrogens is 444 g/mol. The Morgan fingerprint density at radius 3 is 2.39 bits per heavy atom. The van der Waals surface area contributed by atoms with Crippen LogP contribution in [0.25, 0.3) is 11.0 Å². The van der Waals surface area contributed by atoms with Gasteiger partial charge < -0.3 is 25.2 Å². The first kappa shape index (κ1) is 24.9. The molecule has 5 N–H and O–H groups in total. The number of nitrogens with one attached hydrogen (secondary N) is 2. The van der Waals surface area contributed by atoms with Crippen molar-refractivity contribution in [2.24, 2.45) is 10.9 Å². The Morgan fingerprint density at radius 1 is 1.12 bits per heavy atom. The van der Waals surface area contributed by atoms with Crippen LogP contribution in [-0.4, -0.2) is 47.7 Å². The van der Waals surface area contributed by atoms with Gasteiger partial charge in [-0.3, -0.25) is 5.10 Å². The van der Waals surface area contributed by atoms with Gasteiger partial charge in [-0.2, -0.15) is 10.1 Å². The lowest BCUT2D eigenvalue weighted by atomic mass is 10.1. The third kappa shape index (κ3) is 4.94. The van der Waals surface area contributed by atoms with Gasteiger partial charge in [0.05, 0.1) is 28.9 Å². The molecule has 1 atom stereocenters. The Balaban J connectivity index is 2.22. The molecule has 2 heterocycles. The molecule has 0 fully saturated rings. The molecule has 0 bridgehead atoms. The molecule has 0 amide bonds. The molecular formula is C23H33ClN6O3. The summed E-state index contributed by atoms with van der Waals surface area (Å²) in [6, 6.07) is 2.90. The summed E-state index contributed by atoms with van der Waals surface area (Å²) in [5, 5.41) is 41.1. The lowest BCUT2D eigenvalue weighted by Crippen LogP contribution is -2.32. The fourth-order valence-corrected chi connectivity index (χ4v) is 3.79. The minimum atomic E-state index is -0.361. The average molecular weight is 477 g/mol.